The summed E-state index contributed by atoms with van der Waals surface area (Å²) in [5.74, 6) is 1.78. The van der Waals surface area contributed by atoms with Crippen molar-refractivity contribution in [3.63, 3.8) is 0 Å². The van der Waals surface area contributed by atoms with Gasteiger partial charge in [-0.25, -0.2) is 15.0 Å². The van der Waals surface area contributed by atoms with Crippen LogP contribution in [0.2, 0.25) is 0 Å². The molecular weight excluding hydrogens is 617 g/mol. The van der Waals surface area contributed by atoms with E-state index in [0.29, 0.717) is 23.2 Å². The molecule has 50 heavy (non-hydrogen) atoms. The van der Waals surface area contributed by atoms with Gasteiger partial charge in [0.2, 0.25) is 0 Å². The molecule has 9 aromatic rings. The Morgan fingerprint density at radius 3 is 1.82 bits per heavy atom. The predicted molar refractivity (Wildman–Crippen MR) is 201 cm³/mol. The molecule has 0 bridgehead atoms. The molecule has 0 aliphatic rings. The minimum atomic E-state index is 0.406. The highest BCUT2D eigenvalue weighted by atomic mass is 16.3. The van der Waals surface area contributed by atoms with Crippen LogP contribution in [-0.2, 0) is 0 Å². The number of furan rings is 1. The summed E-state index contributed by atoms with van der Waals surface area (Å²) in [6, 6.07) is 48.0. The first-order chi connectivity index (χ1) is 24.7. The number of aromatic nitrogens is 4. The van der Waals surface area contributed by atoms with Gasteiger partial charge in [0.15, 0.2) is 17.5 Å². The molecule has 0 aliphatic carbocycles. The van der Waals surface area contributed by atoms with Gasteiger partial charge in [0.1, 0.15) is 11.2 Å². The van der Waals surface area contributed by atoms with Gasteiger partial charge in [-0.2, -0.15) is 0 Å². The monoisotopic (exact) mass is 644 g/mol. The van der Waals surface area contributed by atoms with Gasteiger partial charge < -0.3 is 9.73 Å². The maximum atomic E-state index is 9.57. The van der Waals surface area contributed by atoms with Crippen molar-refractivity contribution >= 4 is 49.8 Å². The number of rotatable bonds is 7. The number of nitrogens with zero attached hydrogens (tertiary/aromatic N) is 4. The minimum Gasteiger partial charge on any atom is -0.456 e. The van der Waals surface area contributed by atoms with Crippen molar-refractivity contribution in [1.29, 1.82) is 5.41 Å². The Kier molecular flexibility index (Phi) is 7.13. The van der Waals surface area contributed by atoms with Crippen molar-refractivity contribution in [2.75, 3.05) is 5.32 Å². The molecule has 9 rings (SSSR count). The standard InChI is InChI=1S/C43H28N6O/c44-40(39-33-14-8-7-9-27(33)15-18-36(39)46-32-21-23-45-24-22-32)30-16-19-37-34(25-30)35-26-31(17-20-38(35)50-37)43-48-41(28-10-3-1-4-11-28)47-42(49-43)29-12-5-2-6-13-29/h1-26,44H,(H,45,46). The van der Waals surface area contributed by atoms with Crippen LogP contribution in [0.15, 0.2) is 162 Å². The Morgan fingerprint density at radius 1 is 0.520 bits per heavy atom. The van der Waals surface area contributed by atoms with Gasteiger partial charge in [-0.3, -0.25) is 10.4 Å². The molecule has 7 nitrogen and oxygen atoms in total. The molecule has 0 unspecified atom stereocenters. The molecule has 6 aromatic carbocycles. The second-order valence-corrected chi connectivity index (χ2v) is 12.0. The fourth-order valence-corrected chi connectivity index (χ4v) is 6.39. The van der Waals surface area contributed by atoms with E-state index in [9.17, 15) is 5.41 Å². The molecule has 7 heteroatoms. The molecule has 0 aliphatic heterocycles. The summed E-state index contributed by atoms with van der Waals surface area (Å²) in [7, 11) is 0. The molecule has 0 saturated carbocycles. The van der Waals surface area contributed by atoms with Gasteiger partial charge in [-0.05, 0) is 65.4 Å². The third-order valence-electron chi connectivity index (χ3n) is 8.85. The number of nitrogens with one attached hydrogen (secondary N) is 2. The molecule has 0 spiro atoms. The molecule has 0 radical (unpaired) electrons. The lowest BCUT2D eigenvalue weighted by atomic mass is 9.93. The summed E-state index contributed by atoms with van der Waals surface area (Å²) in [5, 5.41) is 17.0. The molecule has 3 heterocycles. The number of fused-ring (bicyclic) bond motifs is 4. The SMILES string of the molecule is N=C(c1ccc2oc3ccc(-c4nc(-c5ccccc5)nc(-c5ccccc5)n4)cc3c2c1)c1c(Nc2ccncc2)ccc2ccccc12. The minimum absolute atomic E-state index is 0.406. The predicted octanol–water partition coefficient (Wildman–Crippen LogP) is 10.5. The Hall–Kier alpha value is -6.99. The average Bonchev–Trinajstić information content (AvgIpc) is 3.56. The molecule has 3 aromatic heterocycles. The van der Waals surface area contributed by atoms with Gasteiger partial charge in [0.25, 0.3) is 0 Å². The number of benzene rings is 6. The van der Waals surface area contributed by atoms with Crippen LogP contribution in [0.1, 0.15) is 11.1 Å². The van der Waals surface area contributed by atoms with E-state index in [0.717, 1.165) is 71.9 Å². The zero-order valence-electron chi connectivity index (χ0n) is 26.7. The smallest absolute Gasteiger partial charge is 0.164 e. The highest BCUT2D eigenvalue weighted by Gasteiger charge is 2.18. The molecular formula is C43H28N6O. The molecule has 236 valence electrons. The van der Waals surface area contributed by atoms with Crippen molar-refractivity contribution in [3.05, 3.63) is 169 Å². The summed E-state index contributed by atoms with van der Waals surface area (Å²) in [5.41, 5.74) is 7.91. The first-order valence-corrected chi connectivity index (χ1v) is 16.3. The molecule has 0 atom stereocenters. The van der Waals surface area contributed by atoms with Crippen LogP contribution in [0.3, 0.4) is 0 Å². The molecule has 0 amide bonds. The zero-order chi connectivity index (χ0) is 33.4. The quantitative estimate of drug-likeness (QED) is 0.167. The van der Waals surface area contributed by atoms with Gasteiger partial charge in [0.05, 0.1) is 5.71 Å². The summed E-state index contributed by atoms with van der Waals surface area (Å²) in [6.07, 6.45) is 3.51. The van der Waals surface area contributed by atoms with E-state index >= 15 is 0 Å². The average molecular weight is 645 g/mol. The summed E-state index contributed by atoms with van der Waals surface area (Å²) < 4.78 is 6.30. The Bertz CT molecular complexity index is 2630. The van der Waals surface area contributed by atoms with E-state index in [-0.39, 0.29) is 0 Å². The van der Waals surface area contributed by atoms with Crippen LogP contribution in [0.25, 0.3) is 66.9 Å². The van der Waals surface area contributed by atoms with E-state index in [2.05, 4.69) is 34.6 Å². The maximum Gasteiger partial charge on any atom is 0.164 e. The van der Waals surface area contributed by atoms with E-state index in [4.69, 9.17) is 19.4 Å². The fourth-order valence-electron chi connectivity index (χ4n) is 6.39. The van der Waals surface area contributed by atoms with Crippen LogP contribution in [0, 0.1) is 5.41 Å². The summed E-state index contributed by atoms with van der Waals surface area (Å²) in [4.78, 5) is 18.9. The second-order valence-electron chi connectivity index (χ2n) is 12.0. The number of anilines is 2. The van der Waals surface area contributed by atoms with Crippen molar-refractivity contribution in [1.82, 2.24) is 19.9 Å². The van der Waals surface area contributed by atoms with E-state index in [1.54, 1.807) is 12.4 Å². The largest absolute Gasteiger partial charge is 0.456 e. The topological polar surface area (TPSA) is 101 Å². The first-order valence-electron chi connectivity index (χ1n) is 16.3. The normalized spacial score (nSPS) is 11.3. The highest BCUT2D eigenvalue weighted by molar-refractivity contribution is 6.23. The maximum absolute atomic E-state index is 9.57. The van der Waals surface area contributed by atoms with Crippen molar-refractivity contribution < 1.29 is 4.42 Å². The molecule has 2 N–H and O–H groups in total. The second kappa shape index (κ2) is 12.2. The highest BCUT2D eigenvalue weighted by Crippen LogP contribution is 2.36. The lowest BCUT2D eigenvalue weighted by Crippen LogP contribution is -2.07. The zero-order valence-corrected chi connectivity index (χ0v) is 26.7. The van der Waals surface area contributed by atoms with Crippen molar-refractivity contribution in [3.8, 4) is 34.2 Å². The van der Waals surface area contributed by atoms with Crippen LogP contribution in [0.4, 0.5) is 11.4 Å². The van der Waals surface area contributed by atoms with Gasteiger partial charge in [-0.1, -0.05) is 91.0 Å². The van der Waals surface area contributed by atoms with Crippen molar-refractivity contribution in [2.24, 2.45) is 0 Å². The summed E-state index contributed by atoms with van der Waals surface area (Å²) >= 11 is 0. The van der Waals surface area contributed by atoms with Crippen LogP contribution in [0.5, 0.6) is 0 Å². The van der Waals surface area contributed by atoms with E-state index < -0.39 is 0 Å². The molecule has 0 fully saturated rings. The number of pyridine rings is 1. The Labute approximate surface area is 287 Å². The lowest BCUT2D eigenvalue weighted by Gasteiger charge is -2.16. The number of hydrogen-bond donors (Lipinski definition) is 2. The fraction of sp³-hybridized carbons (Fsp3) is 0. The Balaban J connectivity index is 1.17. The van der Waals surface area contributed by atoms with Crippen LogP contribution in [-0.4, -0.2) is 25.6 Å². The van der Waals surface area contributed by atoms with E-state index in [1.807, 2.05) is 121 Å². The van der Waals surface area contributed by atoms with Crippen LogP contribution < -0.4 is 5.32 Å². The van der Waals surface area contributed by atoms with Gasteiger partial charge in [0, 0.05) is 62.4 Å². The van der Waals surface area contributed by atoms with E-state index in [1.165, 1.54) is 0 Å². The lowest BCUT2D eigenvalue weighted by molar-refractivity contribution is 0.669. The Morgan fingerprint density at radius 2 is 1.12 bits per heavy atom. The van der Waals surface area contributed by atoms with Gasteiger partial charge >= 0.3 is 0 Å². The summed E-state index contributed by atoms with van der Waals surface area (Å²) in [6.45, 7) is 0. The first kappa shape index (κ1) is 29.2. The van der Waals surface area contributed by atoms with Crippen molar-refractivity contribution in [2.45, 2.75) is 0 Å². The van der Waals surface area contributed by atoms with Crippen LogP contribution >= 0.6 is 0 Å². The molecule has 0 saturated heterocycles. The van der Waals surface area contributed by atoms with Gasteiger partial charge in [-0.15, -0.1) is 0 Å². The third-order valence-corrected chi connectivity index (χ3v) is 8.85. The number of hydrogen-bond acceptors (Lipinski definition) is 7. The third kappa shape index (κ3) is 5.33.